The van der Waals surface area contributed by atoms with Gasteiger partial charge in [0.2, 0.25) is 0 Å². The average molecular weight is 280 g/mol. The molecular formula is C11H8N2O3S2. The average Bonchev–Trinajstić information content (AvgIpc) is 2.99. The summed E-state index contributed by atoms with van der Waals surface area (Å²) in [5.74, 6) is 0.264. The molecule has 3 aromatic rings. The molecule has 0 bridgehead atoms. The Kier molecular flexibility index (Phi) is 2.57. The van der Waals surface area contributed by atoms with Gasteiger partial charge in [-0.05, 0) is 23.6 Å². The molecule has 0 aliphatic heterocycles. The van der Waals surface area contributed by atoms with E-state index in [9.17, 15) is 8.42 Å². The highest BCUT2D eigenvalue weighted by atomic mass is 32.3. The summed E-state index contributed by atoms with van der Waals surface area (Å²) < 4.78 is 29.0. The van der Waals surface area contributed by atoms with Gasteiger partial charge in [-0.1, -0.05) is 6.07 Å². The summed E-state index contributed by atoms with van der Waals surface area (Å²) in [5.41, 5.74) is 1.49. The van der Waals surface area contributed by atoms with Crippen molar-refractivity contribution in [3.63, 3.8) is 0 Å². The van der Waals surface area contributed by atoms with Crippen LogP contribution in [0.25, 0.3) is 11.0 Å². The van der Waals surface area contributed by atoms with E-state index in [2.05, 4.69) is 9.97 Å². The van der Waals surface area contributed by atoms with E-state index < -0.39 is 10.1 Å². The Hall–Kier alpha value is -1.86. The molecule has 0 spiro atoms. The molecule has 2 heterocycles. The molecule has 92 valence electrons. The number of aromatic amines is 1. The summed E-state index contributed by atoms with van der Waals surface area (Å²) in [4.78, 5) is 6.94. The smallest absolute Gasteiger partial charge is 0.348 e. The van der Waals surface area contributed by atoms with Crippen LogP contribution < -0.4 is 4.18 Å². The fourth-order valence-corrected chi connectivity index (χ4v) is 3.41. The molecule has 0 fully saturated rings. The first-order valence-electron chi connectivity index (χ1n) is 5.06. The number of aromatic nitrogens is 2. The maximum absolute atomic E-state index is 11.9. The van der Waals surface area contributed by atoms with E-state index >= 15 is 0 Å². The van der Waals surface area contributed by atoms with Crippen LogP contribution in [0.3, 0.4) is 0 Å². The van der Waals surface area contributed by atoms with E-state index in [0.717, 1.165) is 22.4 Å². The van der Waals surface area contributed by atoms with Crippen molar-refractivity contribution in [2.75, 3.05) is 0 Å². The van der Waals surface area contributed by atoms with Crippen LogP contribution >= 0.6 is 11.3 Å². The second-order valence-electron chi connectivity index (χ2n) is 3.55. The second kappa shape index (κ2) is 4.11. The number of imidazole rings is 1. The minimum atomic E-state index is -3.74. The number of H-pyrrole nitrogens is 1. The van der Waals surface area contributed by atoms with Gasteiger partial charge in [-0.25, -0.2) is 4.98 Å². The zero-order valence-electron chi connectivity index (χ0n) is 9.03. The Bertz CT molecular complexity index is 776. The van der Waals surface area contributed by atoms with Crippen LogP contribution in [0, 0.1) is 0 Å². The van der Waals surface area contributed by atoms with Gasteiger partial charge in [0.15, 0.2) is 4.21 Å². The van der Waals surface area contributed by atoms with E-state index in [1.54, 1.807) is 36.0 Å². The summed E-state index contributed by atoms with van der Waals surface area (Å²) in [6.07, 6.45) is 1.54. The molecule has 1 N–H and O–H groups in total. The zero-order valence-corrected chi connectivity index (χ0v) is 10.7. The van der Waals surface area contributed by atoms with Crippen molar-refractivity contribution in [2.24, 2.45) is 0 Å². The van der Waals surface area contributed by atoms with Gasteiger partial charge < -0.3 is 9.17 Å². The van der Waals surface area contributed by atoms with Crippen molar-refractivity contribution < 1.29 is 12.6 Å². The van der Waals surface area contributed by atoms with E-state index in [4.69, 9.17) is 4.18 Å². The normalized spacial score (nSPS) is 11.8. The van der Waals surface area contributed by atoms with Crippen LogP contribution in [0.2, 0.25) is 0 Å². The van der Waals surface area contributed by atoms with Gasteiger partial charge in [0, 0.05) is 6.07 Å². The van der Waals surface area contributed by atoms with Gasteiger partial charge in [0.25, 0.3) is 0 Å². The third-order valence-electron chi connectivity index (χ3n) is 2.34. The van der Waals surface area contributed by atoms with Crippen molar-refractivity contribution in [2.45, 2.75) is 4.21 Å². The summed E-state index contributed by atoms with van der Waals surface area (Å²) in [6.45, 7) is 0. The fourth-order valence-electron chi connectivity index (χ4n) is 1.54. The van der Waals surface area contributed by atoms with Crippen molar-refractivity contribution in [3.8, 4) is 5.75 Å². The minimum absolute atomic E-state index is 0.187. The van der Waals surface area contributed by atoms with Crippen LogP contribution in [0.15, 0.2) is 46.2 Å². The highest BCUT2D eigenvalue weighted by molar-refractivity contribution is 7.89. The largest absolute Gasteiger partial charge is 0.378 e. The zero-order chi connectivity index (χ0) is 12.6. The summed E-state index contributed by atoms with van der Waals surface area (Å²) in [5, 5.41) is 1.69. The summed E-state index contributed by atoms with van der Waals surface area (Å²) >= 11 is 1.12. The molecule has 0 aliphatic rings. The molecule has 0 radical (unpaired) electrons. The molecule has 18 heavy (non-hydrogen) atoms. The standard InChI is InChI=1S/C11H8N2O3S2/c14-18(15,11-2-1-5-17-11)16-8-3-4-9-10(6-8)13-7-12-9/h1-7H,(H,12,13). The lowest BCUT2D eigenvalue weighted by Crippen LogP contribution is -2.07. The molecule has 0 unspecified atom stereocenters. The van der Waals surface area contributed by atoms with E-state index in [0.29, 0.717) is 0 Å². The monoisotopic (exact) mass is 280 g/mol. The molecule has 3 rings (SSSR count). The Labute approximate surface area is 107 Å². The number of benzene rings is 1. The first kappa shape index (κ1) is 11.2. The SMILES string of the molecule is O=S(=O)(Oc1ccc2nc[nH]c2c1)c1cccs1. The van der Waals surface area contributed by atoms with Crippen LogP contribution in [0.4, 0.5) is 0 Å². The van der Waals surface area contributed by atoms with Crippen LogP contribution in [0.1, 0.15) is 0 Å². The van der Waals surface area contributed by atoms with Gasteiger partial charge in [0.05, 0.1) is 17.4 Å². The second-order valence-corrected chi connectivity index (χ2v) is 6.27. The van der Waals surface area contributed by atoms with Gasteiger partial charge in [-0.15, -0.1) is 11.3 Å². The topological polar surface area (TPSA) is 72.1 Å². The number of nitrogens with zero attached hydrogens (tertiary/aromatic N) is 1. The van der Waals surface area contributed by atoms with E-state index in [1.165, 1.54) is 6.07 Å². The molecule has 7 heteroatoms. The predicted octanol–water partition coefficient (Wildman–Crippen LogP) is 2.39. The third kappa shape index (κ3) is 1.98. The summed E-state index contributed by atoms with van der Waals surface area (Å²) in [7, 11) is -3.74. The van der Waals surface area contributed by atoms with Crippen molar-refractivity contribution in [1.29, 1.82) is 0 Å². The highest BCUT2D eigenvalue weighted by Crippen LogP contribution is 2.24. The lowest BCUT2D eigenvalue weighted by Gasteiger charge is -2.04. The number of thiophene rings is 1. The maximum atomic E-state index is 11.9. The first-order chi connectivity index (χ1) is 8.65. The van der Waals surface area contributed by atoms with E-state index in [1.807, 2.05) is 0 Å². The van der Waals surface area contributed by atoms with E-state index in [-0.39, 0.29) is 9.96 Å². The quantitative estimate of drug-likeness (QED) is 0.748. The fraction of sp³-hybridized carbons (Fsp3) is 0. The molecule has 5 nitrogen and oxygen atoms in total. The van der Waals surface area contributed by atoms with Crippen LogP contribution in [0.5, 0.6) is 5.75 Å². The Morgan fingerprint density at radius 1 is 1.28 bits per heavy atom. The Balaban J connectivity index is 1.97. The van der Waals surface area contributed by atoms with Gasteiger partial charge in [-0.2, -0.15) is 8.42 Å². The number of hydrogen-bond donors (Lipinski definition) is 1. The molecular weight excluding hydrogens is 272 g/mol. The molecule has 0 saturated carbocycles. The van der Waals surface area contributed by atoms with Gasteiger partial charge >= 0.3 is 10.1 Å². The molecule has 0 aliphatic carbocycles. The van der Waals surface area contributed by atoms with Gasteiger partial charge in [0.1, 0.15) is 5.75 Å². The van der Waals surface area contributed by atoms with Crippen molar-refractivity contribution in [3.05, 3.63) is 42.0 Å². The van der Waals surface area contributed by atoms with Crippen molar-refractivity contribution >= 4 is 32.5 Å². The maximum Gasteiger partial charge on any atom is 0.348 e. The van der Waals surface area contributed by atoms with Crippen LogP contribution in [-0.4, -0.2) is 18.4 Å². The van der Waals surface area contributed by atoms with Crippen LogP contribution in [-0.2, 0) is 10.1 Å². The first-order valence-corrected chi connectivity index (χ1v) is 7.35. The number of fused-ring (bicyclic) bond motifs is 1. The molecule has 1 aromatic carbocycles. The molecule has 2 aromatic heterocycles. The Morgan fingerprint density at radius 2 is 2.17 bits per heavy atom. The molecule has 0 saturated heterocycles. The molecule has 0 atom stereocenters. The highest BCUT2D eigenvalue weighted by Gasteiger charge is 2.17. The molecule has 0 amide bonds. The lowest BCUT2D eigenvalue weighted by atomic mass is 10.3. The number of nitrogens with one attached hydrogen (secondary N) is 1. The van der Waals surface area contributed by atoms with Crippen molar-refractivity contribution in [1.82, 2.24) is 9.97 Å². The predicted molar refractivity (Wildman–Crippen MR) is 68.2 cm³/mol. The third-order valence-corrected chi connectivity index (χ3v) is 4.94. The number of hydrogen-bond acceptors (Lipinski definition) is 5. The lowest BCUT2D eigenvalue weighted by molar-refractivity contribution is 0.488. The summed E-state index contributed by atoms with van der Waals surface area (Å²) in [6, 6.07) is 8.06. The Morgan fingerprint density at radius 3 is 2.94 bits per heavy atom. The minimum Gasteiger partial charge on any atom is -0.378 e. The number of rotatable bonds is 3. The van der Waals surface area contributed by atoms with Gasteiger partial charge in [-0.3, -0.25) is 0 Å².